The summed E-state index contributed by atoms with van der Waals surface area (Å²) < 4.78 is 0. The number of benzene rings is 1. The summed E-state index contributed by atoms with van der Waals surface area (Å²) >= 11 is 0. The van der Waals surface area contributed by atoms with Crippen LogP contribution in [-0.2, 0) is 10.2 Å². The van der Waals surface area contributed by atoms with Gasteiger partial charge in [-0.1, -0.05) is 19.9 Å². The molecule has 5 nitrogen and oxygen atoms in total. The summed E-state index contributed by atoms with van der Waals surface area (Å²) in [5.74, 6) is -0.883. The average molecular weight is 237 g/mol. The number of aliphatic carboxylic acids is 1. The number of carboxylic acid groups (broad SMARTS) is 1. The average Bonchev–Trinajstić information content (AvgIpc) is 2.14. The Balaban J connectivity index is 3.13. The highest BCUT2D eigenvalue weighted by atomic mass is 16.6. The maximum atomic E-state index is 10.7. The van der Waals surface area contributed by atoms with E-state index < -0.39 is 16.3 Å². The van der Waals surface area contributed by atoms with Gasteiger partial charge in [-0.2, -0.15) is 0 Å². The predicted molar refractivity (Wildman–Crippen MR) is 63.1 cm³/mol. The molecule has 1 N–H and O–H groups in total. The molecule has 0 fully saturated rings. The van der Waals surface area contributed by atoms with E-state index in [1.54, 1.807) is 19.1 Å². The molecule has 0 radical (unpaired) electrons. The smallest absolute Gasteiger partial charge is 0.304 e. The molecule has 0 amide bonds. The maximum Gasteiger partial charge on any atom is 0.304 e. The minimum Gasteiger partial charge on any atom is -0.481 e. The van der Waals surface area contributed by atoms with Gasteiger partial charge in [0.05, 0.1) is 11.3 Å². The molecule has 0 saturated heterocycles. The molecule has 0 heterocycles. The first-order valence-corrected chi connectivity index (χ1v) is 5.21. The van der Waals surface area contributed by atoms with Gasteiger partial charge in [-0.3, -0.25) is 14.9 Å². The summed E-state index contributed by atoms with van der Waals surface area (Å²) in [4.78, 5) is 21.0. The molecule has 1 rings (SSSR count). The number of nitro benzene ring substituents is 1. The Morgan fingerprint density at radius 3 is 2.47 bits per heavy atom. The molecular formula is C12H15NO4. The van der Waals surface area contributed by atoms with Crippen molar-refractivity contribution in [2.75, 3.05) is 0 Å². The number of carboxylic acids is 1. The highest BCUT2D eigenvalue weighted by Gasteiger charge is 2.25. The first kappa shape index (κ1) is 13.2. The monoisotopic (exact) mass is 237 g/mol. The van der Waals surface area contributed by atoms with Gasteiger partial charge < -0.3 is 5.11 Å². The Hall–Kier alpha value is -1.91. The van der Waals surface area contributed by atoms with E-state index in [0.717, 1.165) is 5.56 Å². The van der Waals surface area contributed by atoms with Crippen LogP contribution in [-0.4, -0.2) is 16.0 Å². The number of nitro groups is 1. The molecule has 0 bridgehead atoms. The molecule has 92 valence electrons. The van der Waals surface area contributed by atoms with Crippen LogP contribution in [0, 0.1) is 17.0 Å². The zero-order valence-electron chi connectivity index (χ0n) is 10.1. The van der Waals surface area contributed by atoms with Crippen LogP contribution < -0.4 is 0 Å². The second kappa shape index (κ2) is 4.53. The fourth-order valence-electron chi connectivity index (χ4n) is 1.76. The number of aryl methyl sites for hydroxylation is 1. The highest BCUT2D eigenvalue weighted by molar-refractivity contribution is 5.69. The van der Waals surface area contributed by atoms with Crippen LogP contribution in [0.2, 0.25) is 0 Å². The van der Waals surface area contributed by atoms with Crippen LogP contribution in [0.3, 0.4) is 0 Å². The fourth-order valence-corrected chi connectivity index (χ4v) is 1.76. The van der Waals surface area contributed by atoms with Gasteiger partial charge in [0.2, 0.25) is 0 Å². The van der Waals surface area contributed by atoms with Gasteiger partial charge in [0, 0.05) is 17.0 Å². The van der Waals surface area contributed by atoms with E-state index in [-0.39, 0.29) is 12.1 Å². The number of nitrogens with zero attached hydrogens (tertiary/aromatic N) is 1. The Kier molecular flexibility index (Phi) is 3.50. The lowest BCUT2D eigenvalue weighted by Crippen LogP contribution is -2.21. The van der Waals surface area contributed by atoms with E-state index in [1.165, 1.54) is 6.07 Å². The summed E-state index contributed by atoms with van der Waals surface area (Å²) in [6.07, 6.45) is -0.00967. The second-order valence-corrected chi connectivity index (χ2v) is 4.71. The Bertz CT molecular complexity index is 466. The first-order valence-electron chi connectivity index (χ1n) is 5.21. The maximum absolute atomic E-state index is 10.7. The fraction of sp³-hybridized carbons (Fsp3) is 0.417. The van der Waals surface area contributed by atoms with Gasteiger partial charge in [-0.15, -0.1) is 0 Å². The largest absolute Gasteiger partial charge is 0.481 e. The van der Waals surface area contributed by atoms with Gasteiger partial charge in [0.15, 0.2) is 0 Å². The SMILES string of the molecule is Cc1cc(C(C)(C)CC(=O)O)ccc1[N+](=O)[O-]. The molecule has 0 aliphatic carbocycles. The van der Waals surface area contributed by atoms with Crippen molar-refractivity contribution >= 4 is 11.7 Å². The zero-order chi connectivity index (χ0) is 13.2. The van der Waals surface area contributed by atoms with Gasteiger partial charge in [0.1, 0.15) is 0 Å². The number of hydrogen-bond acceptors (Lipinski definition) is 3. The van der Waals surface area contributed by atoms with Gasteiger partial charge in [-0.25, -0.2) is 0 Å². The molecule has 5 heteroatoms. The van der Waals surface area contributed by atoms with Crippen LogP contribution in [0.4, 0.5) is 5.69 Å². The van der Waals surface area contributed by atoms with Gasteiger partial charge >= 0.3 is 5.97 Å². The molecule has 0 aliphatic heterocycles. The predicted octanol–water partition coefficient (Wildman–Crippen LogP) is 2.66. The van der Waals surface area contributed by atoms with Crippen molar-refractivity contribution in [2.45, 2.75) is 32.6 Å². The standard InChI is InChI=1S/C12H15NO4/c1-8-6-9(4-5-10(8)13(16)17)12(2,3)7-11(14)15/h4-6H,7H2,1-3H3,(H,14,15). The zero-order valence-corrected chi connectivity index (χ0v) is 10.1. The summed E-state index contributed by atoms with van der Waals surface area (Å²) in [5.41, 5.74) is 0.861. The molecular weight excluding hydrogens is 222 g/mol. The Morgan fingerprint density at radius 2 is 2.06 bits per heavy atom. The molecule has 1 aromatic carbocycles. The van der Waals surface area contributed by atoms with Crippen molar-refractivity contribution in [3.63, 3.8) is 0 Å². The van der Waals surface area contributed by atoms with Crippen molar-refractivity contribution in [3.05, 3.63) is 39.4 Å². The van der Waals surface area contributed by atoms with Gasteiger partial charge in [0.25, 0.3) is 5.69 Å². The lowest BCUT2D eigenvalue weighted by Gasteiger charge is -2.23. The molecule has 0 spiro atoms. The van der Waals surface area contributed by atoms with Crippen molar-refractivity contribution in [1.82, 2.24) is 0 Å². The van der Waals surface area contributed by atoms with E-state index >= 15 is 0 Å². The van der Waals surface area contributed by atoms with Crippen molar-refractivity contribution in [1.29, 1.82) is 0 Å². The third-order valence-corrected chi connectivity index (χ3v) is 2.77. The van der Waals surface area contributed by atoms with E-state index in [4.69, 9.17) is 5.11 Å². The molecule has 0 aliphatic rings. The lowest BCUT2D eigenvalue weighted by molar-refractivity contribution is -0.385. The van der Waals surface area contributed by atoms with Crippen molar-refractivity contribution < 1.29 is 14.8 Å². The van der Waals surface area contributed by atoms with E-state index in [1.807, 2.05) is 13.8 Å². The number of carbonyl (C=O) groups is 1. The lowest BCUT2D eigenvalue weighted by atomic mass is 9.81. The van der Waals surface area contributed by atoms with Crippen molar-refractivity contribution in [2.24, 2.45) is 0 Å². The van der Waals surface area contributed by atoms with Crippen LogP contribution in [0.15, 0.2) is 18.2 Å². The van der Waals surface area contributed by atoms with Gasteiger partial charge in [-0.05, 0) is 18.6 Å². The third kappa shape index (κ3) is 3.03. The summed E-state index contributed by atoms with van der Waals surface area (Å²) in [6, 6.07) is 4.73. The molecule has 0 unspecified atom stereocenters. The first-order chi connectivity index (χ1) is 7.74. The summed E-state index contributed by atoms with van der Waals surface area (Å²) in [6.45, 7) is 5.27. The number of rotatable bonds is 4. The summed E-state index contributed by atoms with van der Waals surface area (Å²) in [5, 5.41) is 19.5. The third-order valence-electron chi connectivity index (χ3n) is 2.77. The van der Waals surface area contributed by atoms with Crippen LogP contribution in [0.5, 0.6) is 0 Å². The minimum absolute atomic E-state index is 0.00967. The van der Waals surface area contributed by atoms with E-state index in [0.29, 0.717) is 5.56 Å². The van der Waals surface area contributed by atoms with E-state index in [9.17, 15) is 14.9 Å². The highest BCUT2D eigenvalue weighted by Crippen LogP contribution is 2.30. The second-order valence-electron chi connectivity index (χ2n) is 4.71. The quantitative estimate of drug-likeness (QED) is 0.644. The van der Waals surface area contributed by atoms with Crippen molar-refractivity contribution in [3.8, 4) is 0 Å². The summed E-state index contributed by atoms with van der Waals surface area (Å²) in [7, 11) is 0. The molecule has 0 aromatic heterocycles. The normalized spacial score (nSPS) is 11.2. The Morgan fingerprint density at radius 1 is 1.47 bits per heavy atom. The van der Waals surface area contributed by atoms with Crippen LogP contribution in [0.1, 0.15) is 31.4 Å². The molecule has 0 saturated carbocycles. The minimum atomic E-state index is -0.883. The van der Waals surface area contributed by atoms with E-state index in [2.05, 4.69) is 0 Å². The van der Waals surface area contributed by atoms with Crippen LogP contribution in [0.25, 0.3) is 0 Å². The molecule has 1 aromatic rings. The molecule has 17 heavy (non-hydrogen) atoms. The number of hydrogen-bond donors (Lipinski definition) is 1. The van der Waals surface area contributed by atoms with Crippen LogP contribution >= 0.6 is 0 Å². The Labute approximate surface area is 99.2 Å². The topological polar surface area (TPSA) is 80.4 Å². The molecule has 0 atom stereocenters.